The number of nitrogens with zero attached hydrogens (tertiary/aromatic N) is 1. The van der Waals surface area contributed by atoms with Crippen LogP contribution < -0.4 is 0 Å². The van der Waals surface area contributed by atoms with Crippen LogP contribution in [-0.4, -0.2) is 15.1 Å². The quantitative estimate of drug-likeness (QED) is 0.700. The first-order chi connectivity index (χ1) is 8.13. The number of rotatable bonds is 1. The van der Waals surface area contributed by atoms with Crippen LogP contribution in [0.4, 0.5) is 0 Å². The summed E-state index contributed by atoms with van der Waals surface area (Å²) >= 11 is 13.3. The summed E-state index contributed by atoms with van der Waals surface area (Å²) in [6.07, 6.45) is 0. The summed E-state index contributed by atoms with van der Waals surface area (Å²) in [6.45, 7) is 0. The highest BCUT2D eigenvalue weighted by atomic mass is 35.5. The van der Waals surface area contributed by atoms with Gasteiger partial charge in [-0.1, -0.05) is 23.2 Å². The highest BCUT2D eigenvalue weighted by molar-refractivity contribution is 7.20. The van der Waals surface area contributed by atoms with Gasteiger partial charge in [-0.05, 0) is 18.2 Å². The molecule has 0 aliphatic heterocycles. The standard InChI is InChI=1S/C11H6Cl2N2OS/c12-9-4-6(10(13)17-9)11-14-7-2-1-5(16)3-8(7)15-11/h1-4,16H,(H,14,15). The fourth-order valence-electron chi connectivity index (χ4n) is 1.63. The Kier molecular flexibility index (Phi) is 2.50. The number of aromatic nitrogens is 2. The van der Waals surface area contributed by atoms with Gasteiger partial charge in [0.2, 0.25) is 0 Å². The lowest BCUT2D eigenvalue weighted by Crippen LogP contribution is -1.75. The van der Waals surface area contributed by atoms with Gasteiger partial charge in [-0.15, -0.1) is 11.3 Å². The lowest BCUT2D eigenvalue weighted by atomic mass is 10.3. The molecule has 3 nitrogen and oxygen atoms in total. The fourth-order valence-corrected chi connectivity index (χ4v) is 3.09. The monoisotopic (exact) mass is 284 g/mol. The van der Waals surface area contributed by atoms with E-state index in [2.05, 4.69) is 9.97 Å². The molecule has 0 saturated heterocycles. The minimum Gasteiger partial charge on any atom is -0.508 e. The molecule has 17 heavy (non-hydrogen) atoms. The van der Waals surface area contributed by atoms with Crippen molar-refractivity contribution in [3.63, 3.8) is 0 Å². The summed E-state index contributed by atoms with van der Waals surface area (Å²) < 4.78 is 1.21. The maximum atomic E-state index is 9.38. The predicted octanol–water partition coefficient (Wildman–Crippen LogP) is 4.30. The molecule has 0 aliphatic rings. The van der Waals surface area contributed by atoms with E-state index in [1.165, 1.54) is 11.3 Å². The van der Waals surface area contributed by atoms with E-state index in [1.54, 1.807) is 24.3 Å². The summed E-state index contributed by atoms with van der Waals surface area (Å²) in [5.41, 5.74) is 2.31. The van der Waals surface area contributed by atoms with E-state index in [-0.39, 0.29) is 5.75 Å². The number of aromatic amines is 1. The van der Waals surface area contributed by atoms with Crippen LogP contribution in [0.3, 0.4) is 0 Å². The van der Waals surface area contributed by atoms with Crippen molar-refractivity contribution in [3.8, 4) is 17.1 Å². The number of H-pyrrole nitrogens is 1. The van der Waals surface area contributed by atoms with Crippen molar-refractivity contribution >= 4 is 45.6 Å². The van der Waals surface area contributed by atoms with Gasteiger partial charge in [0, 0.05) is 11.6 Å². The Balaban J connectivity index is 2.21. The molecule has 2 heterocycles. The number of hydrogen-bond acceptors (Lipinski definition) is 3. The summed E-state index contributed by atoms with van der Waals surface area (Å²) in [6, 6.07) is 6.72. The third kappa shape index (κ3) is 1.88. The second-order valence-corrected chi connectivity index (χ2v) is 5.81. The summed E-state index contributed by atoms with van der Waals surface area (Å²) in [7, 11) is 0. The number of nitrogens with one attached hydrogen (secondary N) is 1. The third-order valence-corrected chi connectivity index (χ3v) is 3.86. The van der Waals surface area contributed by atoms with E-state index in [0.717, 1.165) is 16.6 Å². The molecular weight excluding hydrogens is 279 g/mol. The maximum absolute atomic E-state index is 9.38. The van der Waals surface area contributed by atoms with Gasteiger partial charge in [0.25, 0.3) is 0 Å². The molecule has 0 fully saturated rings. The average molecular weight is 285 g/mol. The van der Waals surface area contributed by atoms with Crippen molar-refractivity contribution in [2.75, 3.05) is 0 Å². The number of fused-ring (bicyclic) bond motifs is 1. The molecule has 1 aromatic carbocycles. The van der Waals surface area contributed by atoms with Crippen LogP contribution in [0.5, 0.6) is 5.75 Å². The van der Waals surface area contributed by atoms with Crippen molar-refractivity contribution in [2.24, 2.45) is 0 Å². The SMILES string of the molecule is Oc1ccc2nc(-c3cc(Cl)sc3Cl)[nH]c2c1. The smallest absolute Gasteiger partial charge is 0.140 e. The van der Waals surface area contributed by atoms with Gasteiger partial charge in [-0.25, -0.2) is 4.98 Å². The van der Waals surface area contributed by atoms with Crippen LogP contribution in [0, 0.1) is 0 Å². The Hall–Kier alpha value is -1.23. The Morgan fingerprint density at radius 1 is 1.24 bits per heavy atom. The predicted molar refractivity (Wildman–Crippen MR) is 71.1 cm³/mol. The zero-order valence-electron chi connectivity index (χ0n) is 8.37. The van der Waals surface area contributed by atoms with Crippen molar-refractivity contribution < 1.29 is 5.11 Å². The van der Waals surface area contributed by atoms with E-state index in [0.29, 0.717) is 14.5 Å². The first-order valence-corrected chi connectivity index (χ1v) is 6.34. The summed E-state index contributed by atoms with van der Waals surface area (Å²) in [4.78, 5) is 7.49. The summed E-state index contributed by atoms with van der Waals surface area (Å²) in [5.74, 6) is 0.848. The lowest BCUT2D eigenvalue weighted by molar-refractivity contribution is 0.476. The highest BCUT2D eigenvalue weighted by Crippen LogP contribution is 2.37. The molecule has 86 valence electrons. The number of halogens is 2. The van der Waals surface area contributed by atoms with Gasteiger partial charge >= 0.3 is 0 Å². The van der Waals surface area contributed by atoms with E-state index in [1.807, 2.05) is 0 Å². The van der Waals surface area contributed by atoms with Crippen LogP contribution in [-0.2, 0) is 0 Å². The molecule has 0 bridgehead atoms. The maximum Gasteiger partial charge on any atom is 0.140 e. The Morgan fingerprint density at radius 3 is 2.76 bits per heavy atom. The van der Waals surface area contributed by atoms with Crippen LogP contribution in [0.1, 0.15) is 0 Å². The molecule has 0 aliphatic carbocycles. The highest BCUT2D eigenvalue weighted by Gasteiger charge is 2.12. The molecular formula is C11H6Cl2N2OS. The second-order valence-electron chi connectivity index (χ2n) is 3.52. The second kappa shape index (κ2) is 3.91. The topological polar surface area (TPSA) is 48.9 Å². The van der Waals surface area contributed by atoms with Gasteiger partial charge in [0.15, 0.2) is 0 Å². The minimum atomic E-state index is 0.196. The number of phenols is 1. The molecule has 3 aromatic rings. The van der Waals surface area contributed by atoms with Crippen LogP contribution in [0.25, 0.3) is 22.4 Å². The molecule has 2 N–H and O–H groups in total. The zero-order chi connectivity index (χ0) is 12.0. The van der Waals surface area contributed by atoms with Gasteiger partial charge in [-0.3, -0.25) is 0 Å². The first-order valence-electron chi connectivity index (χ1n) is 4.77. The number of hydrogen-bond donors (Lipinski definition) is 2. The summed E-state index contributed by atoms with van der Waals surface area (Å²) in [5, 5.41) is 9.38. The molecule has 3 rings (SSSR count). The Bertz CT molecular complexity index is 705. The van der Waals surface area contributed by atoms with E-state index < -0.39 is 0 Å². The lowest BCUT2D eigenvalue weighted by Gasteiger charge is -1.90. The Labute approximate surface area is 111 Å². The number of aromatic hydroxyl groups is 1. The minimum absolute atomic E-state index is 0.196. The fraction of sp³-hybridized carbons (Fsp3) is 0. The van der Waals surface area contributed by atoms with Crippen LogP contribution >= 0.6 is 34.5 Å². The van der Waals surface area contributed by atoms with E-state index in [4.69, 9.17) is 23.2 Å². The van der Waals surface area contributed by atoms with Gasteiger partial charge in [0.1, 0.15) is 15.9 Å². The number of imidazole rings is 1. The molecule has 6 heteroatoms. The van der Waals surface area contributed by atoms with Crippen molar-refractivity contribution in [3.05, 3.63) is 32.9 Å². The zero-order valence-corrected chi connectivity index (χ0v) is 10.7. The molecule has 0 unspecified atom stereocenters. The number of benzene rings is 1. The van der Waals surface area contributed by atoms with Crippen molar-refractivity contribution in [2.45, 2.75) is 0 Å². The largest absolute Gasteiger partial charge is 0.508 e. The molecule has 2 aromatic heterocycles. The first kappa shape index (κ1) is 10.9. The van der Waals surface area contributed by atoms with Gasteiger partial charge in [0.05, 0.1) is 15.4 Å². The molecule has 0 spiro atoms. The van der Waals surface area contributed by atoms with E-state index in [9.17, 15) is 5.11 Å². The van der Waals surface area contributed by atoms with Crippen molar-refractivity contribution in [1.29, 1.82) is 0 Å². The van der Waals surface area contributed by atoms with Gasteiger partial charge < -0.3 is 10.1 Å². The van der Waals surface area contributed by atoms with Gasteiger partial charge in [-0.2, -0.15) is 0 Å². The van der Waals surface area contributed by atoms with Crippen LogP contribution in [0.15, 0.2) is 24.3 Å². The van der Waals surface area contributed by atoms with E-state index >= 15 is 0 Å². The molecule has 0 amide bonds. The molecule has 0 radical (unpaired) electrons. The van der Waals surface area contributed by atoms with Crippen LogP contribution in [0.2, 0.25) is 8.67 Å². The molecule has 0 saturated carbocycles. The normalized spacial score (nSPS) is 11.2. The number of phenolic OH excluding ortho intramolecular Hbond substituents is 1. The van der Waals surface area contributed by atoms with Crippen molar-refractivity contribution in [1.82, 2.24) is 9.97 Å². The molecule has 0 atom stereocenters. The Morgan fingerprint density at radius 2 is 2.06 bits per heavy atom. The third-order valence-electron chi connectivity index (χ3n) is 2.38. The number of thiophene rings is 1. The average Bonchev–Trinajstić information content (AvgIpc) is 2.80.